The van der Waals surface area contributed by atoms with Crippen LogP contribution in [0.5, 0.6) is 0 Å². The van der Waals surface area contributed by atoms with E-state index in [1.54, 1.807) is 0 Å². The molecule has 1 N–H and O–H groups in total. The average molecular weight is 341 g/mol. The van der Waals surface area contributed by atoms with E-state index in [1.165, 1.54) is 18.6 Å². The van der Waals surface area contributed by atoms with Gasteiger partial charge in [-0.15, -0.1) is 0 Å². The van der Waals surface area contributed by atoms with Crippen LogP contribution in [0.2, 0.25) is 0 Å². The van der Waals surface area contributed by atoms with E-state index in [1.807, 2.05) is 22.6 Å². The minimum Gasteiger partial charge on any atom is -0.381 e. The van der Waals surface area contributed by atoms with Crippen LogP contribution in [-0.4, -0.2) is 6.04 Å². The lowest BCUT2D eigenvalue weighted by atomic mass is 9.93. The maximum atomic E-state index is 12.4. The number of halogens is 4. The highest BCUT2D eigenvalue weighted by atomic mass is 127. The second-order valence-corrected chi connectivity index (χ2v) is 5.13. The summed E-state index contributed by atoms with van der Waals surface area (Å²) < 4.78 is 37.9. The lowest BCUT2D eigenvalue weighted by Crippen LogP contribution is -2.27. The van der Waals surface area contributed by atoms with Crippen molar-refractivity contribution in [2.24, 2.45) is 0 Å². The zero-order chi connectivity index (χ0) is 11.8. The molecule has 1 aliphatic rings. The fraction of sp³-hybridized carbons (Fsp3) is 0.455. The van der Waals surface area contributed by atoms with Crippen molar-refractivity contribution in [1.82, 2.24) is 0 Å². The van der Waals surface area contributed by atoms with Gasteiger partial charge in [-0.2, -0.15) is 13.2 Å². The summed E-state index contributed by atoms with van der Waals surface area (Å²) in [7, 11) is 0. The van der Waals surface area contributed by atoms with Crippen molar-refractivity contribution in [3.8, 4) is 0 Å². The number of hydrogen-bond acceptors (Lipinski definition) is 1. The quantitative estimate of drug-likeness (QED) is 0.792. The van der Waals surface area contributed by atoms with Crippen LogP contribution in [0.25, 0.3) is 0 Å². The zero-order valence-electron chi connectivity index (χ0n) is 8.44. The van der Waals surface area contributed by atoms with Gasteiger partial charge in [-0.25, -0.2) is 0 Å². The predicted octanol–water partition coefficient (Wildman–Crippen LogP) is 4.27. The van der Waals surface area contributed by atoms with Crippen molar-refractivity contribution >= 4 is 28.3 Å². The highest BCUT2D eigenvalue weighted by Crippen LogP contribution is 2.33. The normalized spacial score (nSPS) is 17.0. The molecule has 88 valence electrons. The Labute approximate surface area is 106 Å². The summed E-state index contributed by atoms with van der Waals surface area (Å²) in [6.45, 7) is 0. The second-order valence-electron chi connectivity index (χ2n) is 3.96. The van der Waals surface area contributed by atoms with Crippen LogP contribution in [0.3, 0.4) is 0 Å². The predicted molar refractivity (Wildman–Crippen MR) is 65.4 cm³/mol. The van der Waals surface area contributed by atoms with Crippen molar-refractivity contribution < 1.29 is 13.2 Å². The summed E-state index contributed by atoms with van der Waals surface area (Å²) in [5, 5.41) is 3.25. The summed E-state index contributed by atoms with van der Waals surface area (Å²) in [6, 6.07) is 4.26. The zero-order valence-corrected chi connectivity index (χ0v) is 10.6. The molecule has 1 aliphatic carbocycles. The van der Waals surface area contributed by atoms with E-state index in [-0.39, 0.29) is 0 Å². The van der Waals surface area contributed by atoms with Crippen molar-refractivity contribution in [2.75, 3.05) is 5.32 Å². The van der Waals surface area contributed by atoms with E-state index in [2.05, 4.69) is 5.32 Å². The Hall–Kier alpha value is -0.460. The van der Waals surface area contributed by atoms with Crippen LogP contribution >= 0.6 is 22.6 Å². The van der Waals surface area contributed by atoms with Gasteiger partial charge in [-0.05, 0) is 60.1 Å². The third kappa shape index (κ3) is 2.61. The third-order valence-corrected chi connectivity index (χ3v) is 3.65. The van der Waals surface area contributed by atoms with Crippen molar-refractivity contribution in [2.45, 2.75) is 31.5 Å². The van der Waals surface area contributed by atoms with E-state index >= 15 is 0 Å². The fourth-order valence-electron chi connectivity index (χ4n) is 1.58. The van der Waals surface area contributed by atoms with Gasteiger partial charge in [0.05, 0.1) is 5.56 Å². The van der Waals surface area contributed by atoms with Crippen LogP contribution in [-0.2, 0) is 6.18 Å². The Morgan fingerprint density at radius 2 is 1.94 bits per heavy atom. The van der Waals surface area contributed by atoms with Gasteiger partial charge in [0.25, 0.3) is 0 Å². The molecule has 0 radical (unpaired) electrons. The van der Waals surface area contributed by atoms with Crippen molar-refractivity contribution in [1.29, 1.82) is 0 Å². The molecule has 1 aromatic carbocycles. The average Bonchev–Trinajstić information content (AvgIpc) is 2.11. The first kappa shape index (κ1) is 12.0. The summed E-state index contributed by atoms with van der Waals surface area (Å²) in [4.78, 5) is 0. The molecule has 0 atom stereocenters. The SMILES string of the molecule is FC(F)(F)c1ccc(NC2CCC2)c(I)c1. The van der Waals surface area contributed by atoms with Gasteiger partial charge < -0.3 is 5.32 Å². The highest BCUT2D eigenvalue weighted by molar-refractivity contribution is 14.1. The molecule has 16 heavy (non-hydrogen) atoms. The number of benzene rings is 1. The minimum atomic E-state index is -4.26. The number of hydrogen-bond donors (Lipinski definition) is 1. The van der Waals surface area contributed by atoms with Crippen LogP contribution in [0.15, 0.2) is 18.2 Å². The number of anilines is 1. The molecule has 0 saturated heterocycles. The molecule has 5 heteroatoms. The van der Waals surface area contributed by atoms with E-state index in [0.717, 1.165) is 24.6 Å². The van der Waals surface area contributed by atoms with Crippen molar-refractivity contribution in [3.05, 3.63) is 27.3 Å². The molecule has 1 saturated carbocycles. The van der Waals surface area contributed by atoms with Crippen LogP contribution in [0.4, 0.5) is 18.9 Å². The van der Waals surface area contributed by atoms with Gasteiger partial charge in [-0.3, -0.25) is 0 Å². The molecular weight excluding hydrogens is 330 g/mol. The van der Waals surface area contributed by atoms with E-state index in [4.69, 9.17) is 0 Å². The Kier molecular flexibility index (Phi) is 3.32. The molecular formula is C11H11F3IN. The molecule has 0 unspecified atom stereocenters. The first-order valence-corrected chi connectivity index (χ1v) is 6.18. The van der Waals surface area contributed by atoms with Crippen LogP contribution < -0.4 is 5.32 Å². The first-order chi connectivity index (χ1) is 7.47. The maximum Gasteiger partial charge on any atom is 0.416 e. The third-order valence-electron chi connectivity index (χ3n) is 2.76. The monoisotopic (exact) mass is 341 g/mol. The van der Waals surface area contributed by atoms with E-state index < -0.39 is 11.7 Å². The Morgan fingerprint density at radius 3 is 2.38 bits per heavy atom. The number of rotatable bonds is 2. The molecule has 0 amide bonds. The molecule has 0 heterocycles. The Morgan fingerprint density at radius 1 is 1.25 bits per heavy atom. The van der Waals surface area contributed by atoms with Gasteiger partial charge in [0.1, 0.15) is 0 Å². The second kappa shape index (κ2) is 4.43. The van der Waals surface area contributed by atoms with Gasteiger partial charge in [-0.1, -0.05) is 0 Å². The maximum absolute atomic E-state index is 12.4. The molecule has 1 aromatic rings. The van der Waals surface area contributed by atoms with Gasteiger partial charge in [0, 0.05) is 15.3 Å². The summed E-state index contributed by atoms with van der Waals surface area (Å²) >= 11 is 1.94. The molecule has 0 bridgehead atoms. The lowest BCUT2D eigenvalue weighted by Gasteiger charge is -2.28. The smallest absolute Gasteiger partial charge is 0.381 e. The molecule has 1 nitrogen and oxygen atoms in total. The highest BCUT2D eigenvalue weighted by Gasteiger charge is 2.31. The molecule has 0 aliphatic heterocycles. The molecule has 1 fully saturated rings. The van der Waals surface area contributed by atoms with Gasteiger partial charge >= 0.3 is 6.18 Å². The van der Waals surface area contributed by atoms with Gasteiger partial charge in [0.15, 0.2) is 0 Å². The number of nitrogens with one attached hydrogen (secondary N) is 1. The summed E-state index contributed by atoms with van der Waals surface area (Å²) in [6.07, 6.45) is -0.835. The van der Waals surface area contributed by atoms with Crippen LogP contribution in [0.1, 0.15) is 24.8 Å². The summed E-state index contributed by atoms with van der Waals surface area (Å²) in [5.74, 6) is 0. The van der Waals surface area contributed by atoms with Crippen LogP contribution in [0, 0.1) is 3.57 Å². The Balaban J connectivity index is 2.15. The largest absolute Gasteiger partial charge is 0.416 e. The summed E-state index contributed by atoms with van der Waals surface area (Å²) in [5.41, 5.74) is 0.217. The topological polar surface area (TPSA) is 12.0 Å². The van der Waals surface area contributed by atoms with Gasteiger partial charge in [0.2, 0.25) is 0 Å². The van der Waals surface area contributed by atoms with E-state index in [0.29, 0.717) is 9.61 Å². The van der Waals surface area contributed by atoms with E-state index in [9.17, 15) is 13.2 Å². The molecule has 2 rings (SSSR count). The standard InChI is InChI=1S/C11H11F3IN/c12-11(13,14)7-4-5-10(9(15)6-7)16-8-2-1-3-8/h4-6,8,16H,1-3H2. The lowest BCUT2D eigenvalue weighted by molar-refractivity contribution is -0.137. The minimum absolute atomic E-state index is 0.435. The molecule has 0 aromatic heterocycles. The number of alkyl halides is 3. The fourth-order valence-corrected chi connectivity index (χ4v) is 2.25. The molecule has 0 spiro atoms. The van der Waals surface area contributed by atoms with Crippen molar-refractivity contribution in [3.63, 3.8) is 0 Å². The first-order valence-electron chi connectivity index (χ1n) is 5.10. The Bertz CT molecular complexity index is 385.